The van der Waals surface area contributed by atoms with Crippen LogP contribution in [0.15, 0.2) is 54.6 Å². The van der Waals surface area contributed by atoms with Gasteiger partial charge in [-0.25, -0.2) is 8.42 Å². The van der Waals surface area contributed by atoms with Crippen LogP contribution < -0.4 is 14.4 Å². The highest BCUT2D eigenvalue weighted by Crippen LogP contribution is 2.24. The summed E-state index contributed by atoms with van der Waals surface area (Å²) in [6.45, 7) is 3.02. The van der Waals surface area contributed by atoms with Crippen LogP contribution in [0.3, 0.4) is 0 Å². The predicted molar refractivity (Wildman–Crippen MR) is 107 cm³/mol. The molecule has 0 saturated carbocycles. The number of benzene rings is 2. The molecule has 0 unspecified atom stereocenters. The number of hydrogen-bond acceptors (Lipinski definition) is 4. The molecule has 27 heavy (non-hydrogen) atoms. The van der Waals surface area contributed by atoms with Crippen molar-refractivity contribution >= 4 is 33.4 Å². The van der Waals surface area contributed by atoms with Gasteiger partial charge < -0.3 is 10.1 Å². The second-order valence-corrected chi connectivity index (χ2v) is 8.13. The van der Waals surface area contributed by atoms with Gasteiger partial charge in [0.05, 0.1) is 18.0 Å². The van der Waals surface area contributed by atoms with Gasteiger partial charge in [0.15, 0.2) is 0 Å². The summed E-state index contributed by atoms with van der Waals surface area (Å²) in [7, 11) is -3.18. The molecule has 0 aliphatic carbocycles. The molecule has 7 heteroatoms. The van der Waals surface area contributed by atoms with Crippen LogP contribution in [-0.4, -0.2) is 33.2 Å². The number of rotatable bonds is 6. The van der Waals surface area contributed by atoms with Crippen LogP contribution in [0.1, 0.15) is 18.9 Å². The van der Waals surface area contributed by atoms with Gasteiger partial charge in [-0.15, -0.1) is 0 Å². The third kappa shape index (κ3) is 4.89. The molecule has 1 aliphatic heterocycles. The summed E-state index contributed by atoms with van der Waals surface area (Å²) in [6.07, 6.45) is 3.78. The number of carbonyl (C=O) groups excluding carboxylic acids is 1. The van der Waals surface area contributed by atoms with E-state index in [-0.39, 0.29) is 11.7 Å². The first-order valence-corrected chi connectivity index (χ1v) is 10.4. The number of ether oxygens (including phenoxy) is 1. The van der Waals surface area contributed by atoms with Gasteiger partial charge in [-0.05, 0) is 61.4 Å². The minimum absolute atomic E-state index is 0.195. The summed E-state index contributed by atoms with van der Waals surface area (Å²) >= 11 is 0. The molecule has 0 bridgehead atoms. The van der Waals surface area contributed by atoms with Crippen molar-refractivity contribution in [3.8, 4) is 5.75 Å². The van der Waals surface area contributed by atoms with Gasteiger partial charge in [0.1, 0.15) is 5.75 Å². The highest BCUT2D eigenvalue weighted by atomic mass is 32.2. The van der Waals surface area contributed by atoms with E-state index in [4.69, 9.17) is 4.74 Å². The molecular weight excluding hydrogens is 364 g/mol. The van der Waals surface area contributed by atoms with Gasteiger partial charge in [-0.1, -0.05) is 12.1 Å². The van der Waals surface area contributed by atoms with Gasteiger partial charge in [-0.2, -0.15) is 0 Å². The number of carbonyl (C=O) groups is 1. The molecule has 0 spiro atoms. The third-order valence-electron chi connectivity index (χ3n) is 4.14. The van der Waals surface area contributed by atoms with Gasteiger partial charge in [0, 0.05) is 18.3 Å². The maximum Gasteiger partial charge on any atom is 0.248 e. The van der Waals surface area contributed by atoms with E-state index in [1.165, 1.54) is 10.4 Å². The molecule has 142 valence electrons. The SMILES string of the molecule is CCOc1ccc(NC(=O)/C=C/c2ccc(N3CCCS3(=O)=O)cc2)cc1. The quantitative estimate of drug-likeness (QED) is 0.773. The number of hydrogen-bond donors (Lipinski definition) is 1. The summed E-state index contributed by atoms with van der Waals surface area (Å²) in [5, 5.41) is 2.78. The van der Waals surface area contributed by atoms with Crippen molar-refractivity contribution in [2.45, 2.75) is 13.3 Å². The molecule has 2 aromatic carbocycles. The van der Waals surface area contributed by atoms with E-state index in [2.05, 4.69) is 5.32 Å². The Hall–Kier alpha value is -2.80. The van der Waals surface area contributed by atoms with Crippen LogP contribution in [0.2, 0.25) is 0 Å². The van der Waals surface area contributed by atoms with Crippen molar-refractivity contribution in [3.63, 3.8) is 0 Å². The molecular formula is C20H22N2O4S. The third-order valence-corrected chi connectivity index (χ3v) is 6.01. The fraction of sp³-hybridized carbons (Fsp3) is 0.250. The number of anilines is 2. The molecule has 2 aromatic rings. The van der Waals surface area contributed by atoms with Gasteiger partial charge in [0.25, 0.3) is 0 Å². The lowest BCUT2D eigenvalue weighted by Crippen LogP contribution is -2.24. The van der Waals surface area contributed by atoms with E-state index in [1.807, 2.05) is 6.92 Å². The largest absolute Gasteiger partial charge is 0.494 e. The maximum atomic E-state index is 12.0. The molecule has 0 aromatic heterocycles. The van der Waals surface area contributed by atoms with Crippen molar-refractivity contribution in [1.82, 2.24) is 0 Å². The zero-order valence-corrected chi connectivity index (χ0v) is 15.9. The number of nitrogens with one attached hydrogen (secondary N) is 1. The van der Waals surface area contributed by atoms with E-state index in [0.29, 0.717) is 30.9 Å². The van der Waals surface area contributed by atoms with Crippen molar-refractivity contribution in [2.75, 3.05) is 28.5 Å². The Labute approximate surface area is 159 Å². The summed E-state index contributed by atoms with van der Waals surface area (Å²) in [5.74, 6) is 0.705. The maximum absolute atomic E-state index is 12.0. The summed E-state index contributed by atoms with van der Waals surface area (Å²) < 4.78 is 30.7. The van der Waals surface area contributed by atoms with Crippen molar-refractivity contribution in [3.05, 3.63) is 60.2 Å². The highest BCUT2D eigenvalue weighted by Gasteiger charge is 2.28. The van der Waals surface area contributed by atoms with Crippen LogP contribution in [-0.2, 0) is 14.8 Å². The zero-order valence-electron chi connectivity index (χ0n) is 15.1. The molecule has 1 aliphatic rings. The lowest BCUT2D eigenvalue weighted by atomic mass is 10.2. The predicted octanol–water partition coefficient (Wildman–Crippen LogP) is 3.28. The monoisotopic (exact) mass is 386 g/mol. The Bertz CT molecular complexity index is 919. The van der Waals surface area contributed by atoms with Crippen LogP contribution in [0.5, 0.6) is 5.75 Å². The fourth-order valence-electron chi connectivity index (χ4n) is 2.84. The molecule has 1 fully saturated rings. The Morgan fingerprint density at radius 1 is 1.15 bits per heavy atom. The van der Waals surface area contributed by atoms with Crippen LogP contribution in [0.25, 0.3) is 6.08 Å². The van der Waals surface area contributed by atoms with E-state index >= 15 is 0 Å². The molecule has 1 amide bonds. The van der Waals surface area contributed by atoms with E-state index < -0.39 is 10.0 Å². The molecule has 1 heterocycles. The minimum Gasteiger partial charge on any atom is -0.494 e. The standard InChI is InChI=1S/C20H22N2O4S/c1-2-26-19-11-7-17(8-12-19)21-20(23)13-6-16-4-9-18(10-5-16)22-14-3-15-27(22,24)25/h4-13H,2-3,14-15H2,1H3,(H,21,23)/b13-6+. The minimum atomic E-state index is -3.18. The number of amides is 1. The molecule has 6 nitrogen and oxygen atoms in total. The van der Waals surface area contributed by atoms with Crippen molar-refractivity contribution < 1.29 is 17.9 Å². The van der Waals surface area contributed by atoms with Crippen molar-refractivity contribution in [1.29, 1.82) is 0 Å². The number of sulfonamides is 1. The second kappa shape index (κ2) is 8.26. The van der Waals surface area contributed by atoms with Gasteiger partial charge >= 0.3 is 0 Å². The first-order chi connectivity index (χ1) is 13.0. The van der Waals surface area contributed by atoms with E-state index in [0.717, 1.165) is 11.3 Å². The Morgan fingerprint density at radius 3 is 2.44 bits per heavy atom. The van der Waals surface area contributed by atoms with Crippen LogP contribution >= 0.6 is 0 Å². The first-order valence-electron chi connectivity index (χ1n) is 8.80. The second-order valence-electron chi connectivity index (χ2n) is 6.11. The zero-order chi connectivity index (χ0) is 19.3. The average molecular weight is 386 g/mol. The Balaban J connectivity index is 1.59. The molecule has 3 rings (SSSR count). The topological polar surface area (TPSA) is 75.7 Å². The van der Waals surface area contributed by atoms with Gasteiger partial charge in [0.2, 0.25) is 15.9 Å². The van der Waals surface area contributed by atoms with Crippen LogP contribution in [0, 0.1) is 0 Å². The van der Waals surface area contributed by atoms with E-state index in [1.54, 1.807) is 54.6 Å². The average Bonchev–Trinajstić information content (AvgIpc) is 3.01. The number of nitrogens with zero attached hydrogens (tertiary/aromatic N) is 1. The van der Waals surface area contributed by atoms with E-state index in [9.17, 15) is 13.2 Å². The summed E-state index contributed by atoms with van der Waals surface area (Å²) in [5.41, 5.74) is 2.16. The normalized spacial score (nSPS) is 15.8. The fourth-order valence-corrected chi connectivity index (χ4v) is 4.40. The highest BCUT2D eigenvalue weighted by molar-refractivity contribution is 7.93. The Morgan fingerprint density at radius 2 is 1.85 bits per heavy atom. The summed E-state index contributed by atoms with van der Waals surface area (Å²) in [6, 6.07) is 14.3. The molecule has 0 radical (unpaired) electrons. The lowest BCUT2D eigenvalue weighted by molar-refractivity contribution is -0.111. The summed E-state index contributed by atoms with van der Waals surface area (Å²) in [4.78, 5) is 12.0. The van der Waals surface area contributed by atoms with Gasteiger partial charge in [-0.3, -0.25) is 9.10 Å². The van der Waals surface area contributed by atoms with Crippen LogP contribution in [0.4, 0.5) is 11.4 Å². The first kappa shape index (κ1) is 19.0. The molecule has 1 N–H and O–H groups in total. The Kier molecular flexibility index (Phi) is 5.81. The van der Waals surface area contributed by atoms with Crippen molar-refractivity contribution in [2.24, 2.45) is 0 Å². The smallest absolute Gasteiger partial charge is 0.248 e. The molecule has 0 atom stereocenters. The lowest BCUT2D eigenvalue weighted by Gasteiger charge is -2.16. The molecule has 1 saturated heterocycles.